The largest absolute Gasteiger partial charge is 0.480 e. The van der Waals surface area contributed by atoms with E-state index in [0.29, 0.717) is 25.7 Å². The first-order valence-corrected chi connectivity index (χ1v) is 5.57. The molecule has 0 spiro atoms. The molecule has 1 aliphatic carbocycles. The average molecular weight is 229 g/mol. The molecule has 5 heteroatoms. The molecule has 0 radical (unpaired) electrons. The van der Waals surface area contributed by atoms with E-state index in [9.17, 15) is 14.7 Å². The summed E-state index contributed by atoms with van der Waals surface area (Å²) >= 11 is 0. The maximum atomic E-state index is 11.7. The van der Waals surface area contributed by atoms with Gasteiger partial charge in [-0.3, -0.25) is 9.59 Å². The van der Waals surface area contributed by atoms with Gasteiger partial charge in [-0.25, -0.2) is 0 Å². The molecule has 1 amide bonds. The minimum absolute atomic E-state index is 0.165. The van der Waals surface area contributed by atoms with Crippen LogP contribution >= 0.6 is 0 Å². The molecule has 0 unspecified atom stereocenters. The molecule has 0 saturated heterocycles. The molecular formula is C11H19NO4. The first-order chi connectivity index (χ1) is 7.32. The van der Waals surface area contributed by atoms with Gasteiger partial charge in [0.15, 0.2) is 0 Å². The highest BCUT2D eigenvalue weighted by Crippen LogP contribution is 2.31. The molecule has 16 heavy (non-hydrogen) atoms. The SMILES string of the molecule is C[C@@H](NC(=O)[C@H]1CC[C@@](C)(O)CC1)C(=O)O. The van der Waals surface area contributed by atoms with Crippen LogP contribution in [0.4, 0.5) is 0 Å². The summed E-state index contributed by atoms with van der Waals surface area (Å²) in [4.78, 5) is 22.2. The van der Waals surface area contributed by atoms with Crippen molar-refractivity contribution in [1.82, 2.24) is 5.32 Å². The number of aliphatic hydroxyl groups is 1. The molecule has 0 bridgehead atoms. The summed E-state index contributed by atoms with van der Waals surface area (Å²) in [7, 11) is 0. The van der Waals surface area contributed by atoms with Gasteiger partial charge in [-0.1, -0.05) is 0 Å². The third kappa shape index (κ3) is 3.48. The molecular weight excluding hydrogens is 210 g/mol. The number of hydrogen-bond donors (Lipinski definition) is 3. The molecule has 1 fully saturated rings. The lowest BCUT2D eigenvalue weighted by atomic mass is 9.79. The van der Waals surface area contributed by atoms with Crippen LogP contribution in [0, 0.1) is 5.92 Å². The fourth-order valence-electron chi connectivity index (χ4n) is 1.89. The van der Waals surface area contributed by atoms with Gasteiger partial charge in [0.1, 0.15) is 6.04 Å². The summed E-state index contributed by atoms with van der Waals surface area (Å²) in [6, 6.07) is -0.852. The minimum Gasteiger partial charge on any atom is -0.480 e. The summed E-state index contributed by atoms with van der Waals surface area (Å²) in [5.41, 5.74) is -0.671. The van der Waals surface area contributed by atoms with E-state index in [0.717, 1.165) is 0 Å². The van der Waals surface area contributed by atoms with E-state index in [4.69, 9.17) is 5.11 Å². The van der Waals surface area contributed by atoms with E-state index in [1.807, 2.05) is 0 Å². The Morgan fingerprint density at radius 3 is 2.31 bits per heavy atom. The van der Waals surface area contributed by atoms with Crippen LogP contribution in [-0.2, 0) is 9.59 Å². The molecule has 1 rings (SSSR count). The number of carbonyl (C=O) groups excluding carboxylic acids is 1. The van der Waals surface area contributed by atoms with Gasteiger partial charge >= 0.3 is 5.97 Å². The average Bonchev–Trinajstić information content (AvgIpc) is 2.17. The number of aliphatic carboxylic acids is 1. The molecule has 0 aromatic carbocycles. The summed E-state index contributed by atoms with van der Waals surface area (Å²) in [5.74, 6) is -1.41. The van der Waals surface area contributed by atoms with Crippen LogP contribution in [0.1, 0.15) is 39.5 Å². The maximum absolute atomic E-state index is 11.7. The Kier molecular flexibility index (Phi) is 3.91. The van der Waals surface area contributed by atoms with Gasteiger partial charge in [-0.15, -0.1) is 0 Å². The van der Waals surface area contributed by atoms with Crippen molar-refractivity contribution >= 4 is 11.9 Å². The summed E-state index contributed by atoms with van der Waals surface area (Å²) < 4.78 is 0. The van der Waals surface area contributed by atoms with Gasteiger partial charge in [0, 0.05) is 5.92 Å². The Balaban J connectivity index is 2.42. The van der Waals surface area contributed by atoms with Crippen molar-refractivity contribution in [2.45, 2.75) is 51.2 Å². The Labute approximate surface area is 94.8 Å². The van der Waals surface area contributed by atoms with Gasteiger partial charge in [0.05, 0.1) is 5.60 Å². The van der Waals surface area contributed by atoms with Crippen molar-refractivity contribution in [3.63, 3.8) is 0 Å². The van der Waals surface area contributed by atoms with E-state index in [1.54, 1.807) is 6.92 Å². The summed E-state index contributed by atoms with van der Waals surface area (Å²) in [5, 5.41) is 20.8. The highest BCUT2D eigenvalue weighted by atomic mass is 16.4. The third-order valence-electron chi connectivity index (χ3n) is 3.16. The zero-order valence-electron chi connectivity index (χ0n) is 9.69. The van der Waals surface area contributed by atoms with E-state index < -0.39 is 17.6 Å². The number of amides is 1. The van der Waals surface area contributed by atoms with Crippen molar-refractivity contribution in [3.8, 4) is 0 Å². The fraction of sp³-hybridized carbons (Fsp3) is 0.818. The van der Waals surface area contributed by atoms with Crippen LogP contribution in [0.25, 0.3) is 0 Å². The molecule has 0 aromatic heterocycles. The van der Waals surface area contributed by atoms with Crippen LogP contribution in [0.5, 0.6) is 0 Å². The highest BCUT2D eigenvalue weighted by molar-refractivity contribution is 5.84. The van der Waals surface area contributed by atoms with Crippen molar-refractivity contribution < 1.29 is 19.8 Å². The second-order valence-electron chi connectivity index (χ2n) is 4.84. The van der Waals surface area contributed by atoms with E-state index in [2.05, 4.69) is 5.32 Å². The smallest absolute Gasteiger partial charge is 0.325 e. The zero-order chi connectivity index (χ0) is 12.3. The van der Waals surface area contributed by atoms with Crippen LogP contribution in [0.3, 0.4) is 0 Å². The van der Waals surface area contributed by atoms with Gasteiger partial charge in [-0.05, 0) is 39.5 Å². The Bertz CT molecular complexity index is 278. The van der Waals surface area contributed by atoms with Crippen molar-refractivity contribution in [1.29, 1.82) is 0 Å². The molecule has 1 aliphatic rings. The van der Waals surface area contributed by atoms with Crippen LogP contribution in [-0.4, -0.2) is 33.7 Å². The van der Waals surface area contributed by atoms with E-state index >= 15 is 0 Å². The fourth-order valence-corrected chi connectivity index (χ4v) is 1.89. The topological polar surface area (TPSA) is 86.6 Å². The molecule has 5 nitrogen and oxygen atoms in total. The lowest BCUT2D eigenvalue weighted by molar-refractivity contribution is -0.142. The van der Waals surface area contributed by atoms with E-state index in [-0.39, 0.29) is 11.8 Å². The zero-order valence-corrected chi connectivity index (χ0v) is 9.69. The Hall–Kier alpha value is -1.10. The van der Waals surface area contributed by atoms with Crippen LogP contribution in [0.15, 0.2) is 0 Å². The number of carboxylic acid groups (broad SMARTS) is 1. The summed E-state index contributed by atoms with van der Waals surface area (Å²) in [6.07, 6.45) is 2.41. The minimum atomic E-state index is -1.03. The highest BCUT2D eigenvalue weighted by Gasteiger charge is 2.32. The predicted molar refractivity (Wildman–Crippen MR) is 57.8 cm³/mol. The number of hydrogen-bond acceptors (Lipinski definition) is 3. The maximum Gasteiger partial charge on any atom is 0.325 e. The van der Waals surface area contributed by atoms with Crippen molar-refractivity contribution in [2.24, 2.45) is 5.92 Å². The normalized spacial score (nSPS) is 31.8. The van der Waals surface area contributed by atoms with Gasteiger partial charge in [0.2, 0.25) is 5.91 Å². The van der Waals surface area contributed by atoms with Gasteiger partial charge in [0.25, 0.3) is 0 Å². The number of rotatable bonds is 3. The summed E-state index contributed by atoms with van der Waals surface area (Å²) in [6.45, 7) is 3.21. The predicted octanol–water partition coefficient (Wildman–Crippen LogP) is 0.517. The third-order valence-corrected chi connectivity index (χ3v) is 3.16. The van der Waals surface area contributed by atoms with Gasteiger partial charge in [-0.2, -0.15) is 0 Å². The first-order valence-electron chi connectivity index (χ1n) is 5.57. The monoisotopic (exact) mass is 229 g/mol. The number of nitrogens with one attached hydrogen (secondary N) is 1. The van der Waals surface area contributed by atoms with Gasteiger partial charge < -0.3 is 15.5 Å². The molecule has 3 N–H and O–H groups in total. The van der Waals surface area contributed by atoms with Crippen molar-refractivity contribution in [2.75, 3.05) is 0 Å². The molecule has 1 atom stereocenters. The second-order valence-corrected chi connectivity index (χ2v) is 4.84. The number of carboxylic acids is 1. The molecule has 92 valence electrons. The lowest BCUT2D eigenvalue weighted by Gasteiger charge is -2.32. The number of carbonyl (C=O) groups is 2. The Morgan fingerprint density at radius 1 is 1.38 bits per heavy atom. The van der Waals surface area contributed by atoms with Crippen LogP contribution in [0.2, 0.25) is 0 Å². The molecule has 0 aromatic rings. The van der Waals surface area contributed by atoms with E-state index in [1.165, 1.54) is 6.92 Å². The standard InChI is InChI=1S/C11H19NO4/c1-7(10(14)15)12-9(13)8-3-5-11(2,16)6-4-8/h7-8,16H,3-6H2,1-2H3,(H,12,13)(H,14,15)/t7-,8-,11+/m1/s1. The van der Waals surface area contributed by atoms with Crippen LogP contribution < -0.4 is 5.32 Å². The quantitative estimate of drug-likeness (QED) is 0.658. The molecule has 0 aliphatic heterocycles. The first kappa shape index (κ1) is 13.0. The van der Waals surface area contributed by atoms with Crippen molar-refractivity contribution in [3.05, 3.63) is 0 Å². The Morgan fingerprint density at radius 2 is 1.88 bits per heavy atom. The molecule has 0 heterocycles. The lowest BCUT2D eigenvalue weighted by Crippen LogP contribution is -2.44. The second kappa shape index (κ2) is 4.82. The molecule has 1 saturated carbocycles.